The molecule has 18 heavy (non-hydrogen) atoms. The fraction of sp³-hybridized carbons (Fsp3) is 0.0625. The maximum Gasteiger partial charge on any atom is 0.195 e. The van der Waals surface area contributed by atoms with E-state index in [4.69, 9.17) is 0 Å². The van der Waals surface area contributed by atoms with Gasteiger partial charge in [0.05, 0.1) is 0 Å². The zero-order chi connectivity index (χ0) is 12.3. The number of benzene rings is 3. The molecule has 0 fully saturated rings. The van der Waals surface area contributed by atoms with Crippen LogP contribution in [-0.2, 0) is 0 Å². The molecule has 0 aliphatic heterocycles. The van der Waals surface area contributed by atoms with Crippen LogP contribution in [0.15, 0.2) is 42.5 Å². The topological polar surface area (TPSA) is 37.3 Å². The smallest absolute Gasteiger partial charge is 0.195 e. The van der Waals surface area contributed by atoms with Gasteiger partial charge in [0.1, 0.15) is 6.10 Å². The third-order valence-electron chi connectivity index (χ3n) is 3.68. The quantitative estimate of drug-likeness (QED) is 0.646. The average molecular weight is 234 g/mol. The molecule has 0 radical (unpaired) electrons. The molecule has 1 unspecified atom stereocenters. The second-order valence-electron chi connectivity index (χ2n) is 4.70. The van der Waals surface area contributed by atoms with E-state index in [-0.39, 0.29) is 5.78 Å². The van der Waals surface area contributed by atoms with E-state index in [1.54, 1.807) is 6.08 Å². The maximum atomic E-state index is 12.0. The van der Waals surface area contributed by atoms with Crippen LogP contribution in [0.3, 0.4) is 0 Å². The summed E-state index contributed by atoms with van der Waals surface area (Å²) in [4.78, 5) is 12.0. The summed E-state index contributed by atoms with van der Waals surface area (Å²) in [6.07, 6.45) is 0.621. The summed E-state index contributed by atoms with van der Waals surface area (Å²) in [6, 6.07) is 13.9. The highest BCUT2D eigenvalue weighted by Crippen LogP contribution is 2.29. The summed E-state index contributed by atoms with van der Waals surface area (Å²) in [7, 11) is 0. The molecule has 3 aromatic carbocycles. The highest BCUT2D eigenvalue weighted by Gasteiger charge is 2.22. The van der Waals surface area contributed by atoms with E-state index in [1.807, 2.05) is 42.5 Å². The highest BCUT2D eigenvalue weighted by molar-refractivity contribution is 6.21. The average Bonchev–Trinajstić information content (AvgIpc) is 2.40. The molecule has 0 saturated carbocycles. The first-order valence-electron chi connectivity index (χ1n) is 5.94. The van der Waals surface area contributed by atoms with Gasteiger partial charge in [0.15, 0.2) is 5.78 Å². The van der Waals surface area contributed by atoms with Gasteiger partial charge in [-0.25, -0.2) is 0 Å². The van der Waals surface area contributed by atoms with E-state index in [0.717, 1.165) is 26.8 Å². The van der Waals surface area contributed by atoms with Crippen LogP contribution in [0, 0.1) is 0 Å². The molecular formula is C16H10O2. The minimum absolute atomic E-state index is 0.208. The Kier molecular flexibility index (Phi) is 1.73. The van der Waals surface area contributed by atoms with Gasteiger partial charge in [0.2, 0.25) is 0 Å². The third-order valence-corrected chi connectivity index (χ3v) is 3.68. The molecular weight excluding hydrogens is 224 g/mol. The van der Waals surface area contributed by atoms with Gasteiger partial charge in [-0.15, -0.1) is 0 Å². The fourth-order valence-electron chi connectivity index (χ4n) is 2.86. The van der Waals surface area contributed by atoms with Crippen LogP contribution in [-0.4, -0.2) is 17.0 Å². The fourth-order valence-corrected chi connectivity index (χ4v) is 2.86. The number of aliphatic hydroxyl groups excluding tert-OH is 1. The number of hydrogen-bond donors (Lipinski definition) is 1. The molecule has 1 N–H and O–H groups in total. The minimum Gasteiger partial charge on any atom is -0.381 e. The molecule has 4 rings (SSSR count). The van der Waals surface area contributed by atoms with Gasteiger partial charge < -0.3 is 5.11 Å². The lowest BCUT2D eigenvalue weighted by atomic mass is 9.88. The molecule has 3 aromatic rings. The van der Waals surface area contributed by atoms with Crippen LogP contribution < -0.4 is 5.22 Å². The van der Waals surface area contributed by atoms with Crippen molar-refractivity contribution in [2.24, 2.45) is 0 Å². The largest absolute Gasteiger partial charge is 0.381 e. The predicted molar refractivity (Wildman–Crippen MR) is 71.5 cm³/mol. The molecule has 1 aliphatic carbocycles. The Morgan fingerprint density at radius 3 is 2.39 bits per heavy atom. The van der Waals surface area contributed by atoms with E-state index in [9.17, 15) is 9.90 Å². The molecule has 0 heterocycles. The first kappa shape index (κ1) is 9.80. The summed E-state index contributed by atoms with van der Waals surface area (Å²) in [5.74, 6) is -0.208. The number of aliphatic hydroxyl groups is 1. The van der Waals surface area contributed by atoms with E-state index < -0.39 is 6.10 Å². The summed E-state index contributed by atoms with van der Waals surface area (Å²) in [5, 5.41) is 15.1. The van der Waals surface area contributed by atoms with Crippen molar-refractivity contribution >= 4 is 33.4 Å². The van der Waals surface area contributed by atoms with E-state index >= 15 is 0 Å². The van der Waals surface area contributed by atoms with Crippen molar-refractivity contribution in [1.82, 2.24) is 0 Å². The van der Waals surface area contributed by atoms with Gasteiger partial charge in [0, 0.05) is 10.9 Å². The van der Waals surface area contributed by atoms with Crippen molar-refractivity contribution in [3.05, 3.63) is 53.2 Å². The summed E-state index contributed by atoms with van der Waals surface area (Å²) in [5.41, 5.74) is 0.629. The van der Waals surface area contributed by atoms with E-state index in [0.29, 0.717) is 5.56 Å². The number of Topliss-reactive ketones (excluding diaryl/α,β-unsaturated/α-hetero) is 1. The van der Waals surface area contributed by atoms with Crippen LogP contribution in [0.25, 0.3) is 27.6 Å². The van der Waals surface area contributed by atoms with Crippen molar-refractivity contribution in [1.29, 1.82) is 0 Å². The molecule has 1 aliphatic rings. The van der Waals surface area contributed by atoms with Crippen molar-refractivity contribution in [2.45, 2.75) is 6.10 Å². The van der Waals surface area contributed by atoms with E-state index in [2.05, 4.69) is 0 Å². The van der Waals surface area contributed by atoms with Crippen molar-refractivity contribution < 1.29 is 9.90 Å². The van der Waals surface area contributed by atoms with Gasteiger partial charge in [-0.05, 0) is 27.5 Å². The molecule has 1 atom stereocenters. The summed E-state index contributed by atoms with van der Waals surface area (Å²) >= 11 is 0. The minimum atomic E-state index is -1.01. The molecule has 0 spiro atoms. The van der Waals surface area contributed by atoms with Gasteiger partial charge in [-0.2, -0.15) is 0 Å². The lowest BCUT2D eigenvalue weighted by Gasteiger charge is -2.16. The number of hydrogen-bond acceptors (Lipinski definition) is 2. The standard InChI is InChI=1S/C16H10O2/c17-13-8-11-5-4-9-2-1-3-10-6-7-12(16(13)18)15(11)14(9)10/h1-8,13,17H. The van der Waals surface area contributed by atoms with Gasteiger partial charge in [0.25, 0.3) is 0 Å². The van der Waals surface area contributed by atoms with Crippen LogP contribution in [0.1, 0.15) is 10.4 Å². The Balaban J connectivity index is 2.39. The van der Waals surface area contributed by atoms with Crippen LogP contribution in [0.4, 0.5) is 0 Å². The monoisotopic (exact) mass is 234 g/mol. The Morgan fingerprint density at radius 2 is 1.61 bits per heavy atom. The normalized spacial score (nSPS) is 18.3. The summed E-state index contributed by atoms with van der Waals surface area (Å²) in [6.45, 7) is 0. The maximum absolute atomic E-state index is 12.0. The zero-order valence-corrected chi connectivity index (χ0v) is 9.55. The Labute approximate surface area is 103 Å². The summed E-state index contributed by atoms with van der Waals surface area (Å²) < 4.78 is 0. The molecule has 0 saturated heterocycles. The molecule has 2 nitrogen and oxygen atoms in total. The molecule has 0 aromatic heterocycles. The van der Waals surface area contributed by atoms with Crippen molar-refractivity contribution in [3.8, 4) is 0 Å². The van der Waals surface area contributed by atoms with E-state index in [1.165, 1.54) is 0 Å². The lowest BCUT2D eigenvalue weighted by molar-refractivity contribution is 0.0839. The Morgan fingerprint density at radius 1 is 0.889 bits per heavy atom. The van der Waals surface area contributed by atoms with Gasteiger partial charge in [-0.1, -0.05) is 42.5 Å². The van der Waals surface area contributed by atoms with Crippen molar-refractivity contribution in [3.63, 3.8) is 0 Å². The van der Waals surface area contributed by atoms with Crippen LogP contribution >= 0.6 is 0 Å². The Hall–Kier alpha value is -2.19. The van der Waals surface area contributed by atoms with Gasteiger partial charge in [-0.3, -0.25) is 4.79 Å². The SMILES string of the molecule is O=C1c2ccc3cccc4ccc(c2c34)=CC1O. The molecule has 86 valence electrons. The number of rotatable bonds is 0. The van der Waals surface area contributed by atoms with Crippen LogP contribution in [0.5, 0.6) is 0 Å². The number of ketones is 1. The van der Waals surface area contributed by atoms with Crippen LogP contribution in [0.2, 0.25) is 0 Å². The molecule has 0 amide bonds. The first-order valence-corrected chi connectivity index (χ1v) is 5.94. The van der Waals surface area contributed by atoms with Gasteiger partial charge >= 0.3 is 0 Å². The highest BCUT2D eigenvalue weighted by atomic mass is 16.3. The number of carbonyl (C=O) groups is 1. The first-order chi connectivity index (χ1) is 8.75. The third kappa shape index (κ3) is 1.08. The lowest BCUT2D eigenvalue weighted by Crippen LogP contribution is -2.27. The second kappa shape index (κ2) is 3.18. The van der Waals surface area contributed by atoms with Crippen molar-refractivity contribution in [2.75, 3.05) is 0 Å². The number of carbonyl (C=O) groups excluding carboxylic acids is 1. The molecule has 2 heteroatoms. The second-order valence-corrected chi connectivity index (χ2v) is 4.70. The zero-order valence-electron chi connectivity index (χ0n) is 9.55. The predicted octanol–water partition coefficient (Wildman–Crippen LogP) is 2.05. The Bertz CT molecular complexity index is 846. The molecule has 0 bridgehead atoms.